The molecule has 0 amide bonds. The van der Waals surface area contributed by atoms with Gasteiger partial charge in [-0.2, -0.15) is 0 Å². The molecular formula is C18H20FN3O2. The van der Waals surface area contributed by atoms with Crippen molar-refractivity contribution in [3.8, 4) is 11.3 Å². The summed E-state index contributed by atoms with van der Waals surface area (Å²) >= 11 is 0. The number of hydrogen-bond acceptors (Lipinski definition) is 5. The van der Waals surface area contributed by atoms with Crippen LogP contribution >= 0.6 is 0 Å². The molecule has 0 N–H and O–H groups in total. The lowest BCUT2D eigenvalue weighted by Gasteiger charge is -2.36. The second-order valence-corrected chi connectivity index (χ2v) is 6.25. The van der Waals surface area contributed by atoms with E-state index in [1.807, 2.05) is 0 Å². The summed E-state index contributed by atoms with van der Waals surface area (Å²) in [6.45, 7) is 3.88. The minimum Gasteiger partial charge on any atom is -0.381 e. The van der Waals surface area contributed by atoms with Crippen LogP contribution in [0.1, 0.15) is 6.42 Å². The van der Waals surface area contributed by atoms with Crippen molar-refractivity contribution in [3.63, 3.8) is 0 Å². The third-order valence-electron chi connectivity index (χ3n) is 4.67. The highest BCUT2D eigenvalue weighted by Gasteiger charge is 2.31. The lowest BCUT2D eigenvalue weighted by molar-refractivity contribution is -0.00147. The molecule has 0 radical (unpaired) electrons. The van der Waals surface area contributed by atoms with Gasteiger partial charge in [0, 0.05) is 31.2 Å². The van der Waals surface area contributed by atoms with Crippen molar-refractivity contribution in [2.45, 2.75) is 12.5 Å². The van der Waals surface area contributed by atoms with E-state index in [0.717, 1.165) is 49.8 Å². The number of aromatic nitrogens is 2. The third-order valence-corrected chi connectivity index (χ3v) is 4.67. The van der Waals surface area contributed by atoms with E-state index in [2.05, 4.69) is 9.88 Å². The molecule has 2 aliphatic rings. The lowest BCUT2D eigenvalue weighted by atomic mass is 10.0. The van der Waals surface area contributed by atoms with Gasteiger partial charge in [-0.15, -0.1) is 0 Å². The molecule has 2 saturated heterocycles. The maximum Gasteiger partial charge on any atom is 0.147 e. The summed E-state index contributed by atoms with van der Waals surface area (Å²) in [7, 11) is 0. The zero-order chi connectivity index (χ0) is 16.4. The van der Waals surface area contributed by atoms with E-state index in [4.69, 9.17) is 14.5 Å². The lowest BCUT2D eigenvalue weighted by Crippen LogP contribution is -2.46. The van der Waals surface area contributed by atoms with E-state index in [-0.39, 0.29) is 11.9 Å². The van der Waals surface area contributed by atoms with Crippen LogP contribution in [0.5, 0.6) is 0 Å². The second kappa shape index (κ2) is 6.83. The Labute approximate surface area is 140 Å². The maximum absolute atomic E-state index is 13.1. The van der Waals surface area contributed by atoms with Crippen LogP contribution in [0.4, 0.5) is 10.2 Å². The quantitative estimate of drug-likeness (QED) is 0.866. The third kappa shape index (κ3) is 3.25. The van der Waals surface area contributed by atoms with Crippen LogP contribution in [0.25, 0.3) is 11.3 Å². The highest BCUT2D eigenvalue weighted by Crippen LogP contribution is 2.25. The Bertz CT molecular complexity index is 689. The summed E-state index contributed by atoms with van der Waals surface area (Å²) < 4.78 is 24.5. The van der Waals surface area contributed by atoms with Gasteiger partial charge in [0.15, 0.2) is 0 Å². The van der Waals surface area contributed by atoms with E-state index in [1.54, 1.807) is 24.5 Å². The summed E-state index contributed by atoms with van der Waals surface area (Å²) in [6.07, 6.45) is 4.72. The first-order valence-electron chi connectivity index (χ1n) is 8.32. The van der Waals surface area contributed by atoms with E-state index >= 15 is 0 Å². The van der Waals surface area contributed by atoms with E-state index in [0.29, 0.717) is 12.5 Å². The molecule has 0 saturated carbocycles. The molecule has 2 aromatic rings. The average Bonchev–Trinajstić information content (AvgIpc) is 3.17. The molecule has 0 spiro atoms. The summed E-state index contributed by atoms with van der Waals surface area (Å²) in [5.41, 5.74) is 1.61. The number of benzene rings is 1. The molecule has 3 heterocycles. The summed E-state index contributed by atoms with van der Waals surface area (Å²) in [5.74, 6) is 1.04. The monoisotopic (exact) mass is 329 g/mol. The topological polar surface area (TPSA) is 47.5 Å². The molecule has 2 fully saturated rings. The van der Waals surface area contributed by atoms with E-state index in [1.165, 1.54) is 12.1 Å². The van der Waals surface area contributed by atoms with Crippen LogP contribution in [0, 0.1) is 11.7 Å². The predicted octanol–water partition coefficient (Wildman–Crippen LogP) is 2.52. The zero-order valence-corrected chi connectivity index (χ0v) is 13.4. The minimum atomic E-state index is -0.252. The van der Waals surface area contributed by atoms with Gasteiger partial charge in [-0.05, 0) is 30.7 Å². The van der Waals surface area contributed by atoms with Gasteiger partial charge in [0.05, 0.1) is 37.4 Å². The van der Waals surface area contributed by atoms with Crippen molar-refractivity contribution in [1.29, 1.82) is 0 Å². The summed E-state index contributed by atoms with van der Waals surface area (Å²) in [4.78, 5) is 11.2. The zero-order valence-electron chi connectivity index (χ0n) is 13.4. The Kier molecular flexibility index (Phi) is 4.40. The van der Waals surface area contributed by atoms with Gasteiger partial charge in [-0.25, -0.2) is 9.37 Å². The maximum atomic E-state index is 13.1. The normalized spacial score (nSPS) is 24.3. The van der Waals surface area contributed by atoms with Crippen LogP contribution in [0.3, 0.4) is 0 Å². The molecule has 24 heavy (non-hydrogen) atoms. The Balaban J connectivity index is 1.53. The number of halogens is 1. The van der Waals surface area contributed by atoms with Gasteiger partial charge in [0.1, 0.15) is 11.6 Å². The van der Waals surface area contributed by atoms with Crippen molar-refractivity contribution in [1.82, 2.24) is 9.97 Å². The van der Waals surface area contributed by atoms with Crippen LogP contribution in [0.15, 0.2) is 36.7 Å². The SMILES string of the molecule is Fc1ccc(-c2cncc(N3CCOC(C4CCOC4)C3)n2)cc1. The largest absolute Gasteiger partial charge is 0.381 e. The minimum absolute atomic E-state index is 0.178. The van der Waals surface area contributed by atoms with Gasteiger partial charge in [0.25, 0.3) is 0 Å². The molecular weight excluding hydrogens is 309 g/mol. The fraction of sp³-hybridized carbons (Fsp3) is 0.444. The molecule has 1 aromatic carbocycles. The summed E-state index contributed by atoms with van der Waals surface area (Å²) in [6, 6.07) is 6.32. The van der Waals surface area contributed by atoms with E-state index in [9.17, 15) is 4.39 Å². The molecule has 5 nitrogen and oxygen atoms in total. The fourth-order valence-corrected chi connectivity index (χ4v) is 3.28. The van der Waals surface area contributed by atoms with Gasteiger partial charge < -0.3 is 14.4 Å². The Morgan fingerprint density at radius 1 is 1.12 bits per heavy atom. The number of ether oxygens (including phenoxy) is 2. The number of hydrogen-bond donors (Lipinski definition) is 0. The predicted molar refractivity (Wildman–Crippen MR) is 88.3 cm³/mol. The van der Waals surface area contributed by atoms with Crippen molar-refractivity contribution < 1.29 is 13.9 Å². The molecule has 2 atom stereocenters. The molecule has 0 aliphatic carbocycles. The Morgan fingerprint density at radius 2 is 2.00 bits per heavy atom. The molecule has 2 aliphatic heterocycles. The highest BCUT2D eigenvalue weighted by atomic mass is 19.1. The van der Waals surface area contributed by atoms with Crippen LogP contribution in [0.2, 0.25) is 0 Å². The average molecular weight is 329 g/mol. The second-order valence-electron chi connectivity index (χ2n) is 6.25. The van der Waals surface area contributed by atoms with Crippen molar-refractivity contribution in [3.05, 3.63) is 42.5 Å². The number of morpholine rings is 1. The molecule has 4 rings (SSSR count). The number of rotatable bonds is 3. The van der Waals surface area contributed by atoms with Crippen LogP contribution in [-0.2, 0) is 9.47 Å². The summed E-state index contributed by atoms with van der Waals surface area (Å²) in [5, 5.41) is 0. The van der Waals surface area contributed by atoms with Crippen molar-refractivity contribution >= 4 is 5.82 Å². The smallest absolute Gasteiger partial charge is 0.147 e. The molecule has 1 aromatic heterocycles. The Morgan fingerprint density at radius 3 is 2.79 bits per heavy atom. The first-order valence-corrected chi connectivity index (χ1v) is 8.32. The van der Waals surface area contributed by atoms with Crippen molar-refractivity contribution in [2.75, 3.05) is 37.8 Å². The molecule has 6 heteroatoms. The molecule has 0 bridgehead atoms. The Hall–Kier alpha value is -2.05. The van der Waals surface area contributed by atoms with Gasteiger partial charge in [-0.3, -0.25) is 4.98 Å². The van der Waals surface area contributed by atoms with Crippen LogP contribution < -0.4 is 4.90 Å². The van der Waals surface area contributed by atoms with Crippen molar-refractivity contribution in [2.24, 2.45) is 5.92 Å². The van der Waals surface area contributed by atoms with Gasteiger partial charge in [-0.1, -0.05) is 0 Å². The first-order chi connectivity index (χ1) is 11.8. The first kappa shape index (κ1) is 15.5. The number of anilines is 1. The highest BCUT2D eigenvalue weighted by molar-refractivity contribution is 5.60. The van der Waals surface area contributed by atoms with Crippen LogP contribution in [-0.4, -0.2) is 49.0 Å². The molecule has 2 unspecified atom stereocenters. The fourth-order valence-electron chi connectivity index (χ4n) is 3.28. The molecule has 126 valence electrons. The van der Waals surface area contributed by atoms with Gasteiger partial charge in [0.2, 0.25) is 0 Å². The number of nitrogens with zero attached hydrogens (tertiary/aromatic N) is 3. The van der Waals surface area contributed by atoms with E-state index < -0.39 is 0 Å². The van der Waals surface area contributed by atoms with Gasteiger partial charge >= 0.3 is 0 Å². The standard InChI is InChI=1S/C18H20FN3O2/c19-15-3-1-13(2-4-15)16-9-20-10-18(21-16)22-6-8-24-17(11-22)14-5-7-23-12-14/h1-4,9-10,14,17H,5-8,11-12H2.